The summed E-state index contributed by atoms with van der Waals surface area (Å²) in [6, 6.07) is 0. The standard InChI is InChI=1S/C6H7F2N5/c1-10-6(9)12-4-2-11-13(3-4)5(7)8/h2-3,5H,1H2,(H2,9,12). The van der Waals surface area contributed by atoms with Crippen LogP contribution in [0.25, 0.3) is 0 Å². The number of aromatic nitrogens is 2. The molecule has 0 spiro atoms. The van der Waals surface area contributed by atoms with Gasteiger partial charge in [0.1, 0.15) is 5.69 Å². The van der Waals surface area contributed by atoms with Crippen LogP contribution in [0.1, 0.15) is 6.55 Å². The smallest absolute Gasteiger partial charge is 0.333 e. The van der Waals surface area contributed by atoms with Gasteiger partial charge in [-0.25, -0.2) is 14.7 Å². The molecule has 0 saturated heterocycles. The predicted octanol–water partition coefficient (Wildman–Crippen LogP) is 0.925. The number of guanidine groups is 1. The molecular weight excluding hydrogens is 180 g/mol. The maximum absolute atomic E-state index is 12.0. The lowest BCUT2D eigenvalue weighted by atomic mass is 10.6. The van der Waals surface area contributed by atoms with Crippen LogP contribution >= 0.6 is 0 Å². The van der Waals surface area contributed by atoms with Gasteiger partial charge in [-0.15, -0.1) is 0 Å². The number of nitrogens with two attached hydrogens (primary N) is 1. The van der Waals surface area contributed by atoms with E-state index in [9.17, 15) is 8.78 Å². The largest absolute Gasteiger partial charge is 0.368 e. The fraction of sp³-hybridized carbons (Fsp3) is 0.167. The van der Waals surface area contributed by atoms with E-state index in [0.717, 1.165) is 12.4 Å². The maximum Gasteiger partial charge on any atom is 0.333 e. The van der Waals surface area contributed by atoms with Crippen molar-refractivity contribution in [2.24, 2.45) is 15.7 Å². The van der Waals surface area contributed by atoms with E-state index in [-0.39, 0.29) is 11.6 Å². The van der Waals surface area contributed by atoms with Gasteiger partial charge in [-0.05, 0) is 6.72 Å². The zero-order valence-corrected chi connectivity index (χ0v) is 6.56. The highest BCUT2D eigenvalue weighted by Crippen LogP contribution is 2.15. The summed E-state index contributed by atoms with van der Waals surface area (Å²) in [5, 5.41) is 3.34. The zero-order chi connectivity index (χ0) is 9.84. The zero-order valence-electron chi connectivity index (χ0n) is 6.56. The first-order valence-corrected chi connectivity index (χ1v) is 3.26. The van der Waals surface area contributed by atoms with Crippen molar-refractivity contribution < 1.29 is 8.78 Å². The molecule has 0 saturated carbocycles. The highest BCUT2D eigenvalue weighted by molar-refractivity contribution is 5.84. The van der Waals surface area contributed by atoms with Crippen LogP contribution in [0.3, 0.4) is 0 Å². The van der Waals surface area contributed by atoms with Gasteiger partial charge in [0, 0.05) is 0 Å². The second kappa shape index (κ2) is 3.74. The molecule has 2 N–H and O–H groups in total. The molecule has 1 heterocycles. The first-order chi connectivity index (χ1) is 6.13. The molecule has 0 amide bonds. The van der Waals surface area contributed by atoms with Crippen LogP contribution in [-0.2, 0) is 0 Å². The third-order valence-corrected chi connectivity index (χ3v) is 1.19. The first kappa shape index (κ1) is 9.30. The molecule has 0 aliphatic carbocycles. The van der Waals surface area contributed by atoms with Gasteiger partial charge in [0.05, 0.1) is 12.4 Å². The summed E-state index contributed by atoms with van der Waals surface area (Å²) >= 11 is 0. The van der Waals surface area contributed by atoms with Gasteiger partial charge in [0.25, 0.3) is 0 Å². The van der Waals surface area contributed by atoms with Crippen molar-refractivity contribution in [3.8, 4) is 0 Å². The van der Waals surface area contributed by atoms with E-state index in [2.05, 4.69) is 21.8 Å². The van der Waals surface area contributed by atoms with Crippen LogP contribution in [0.15, 0.2) is 22.4 Å². The average molecular weight is 187 g/mol. The molecule has 70 valence electrons. The molecule has 0 aliphatic heterocycles. The van der Waals surface area contributed by atoms with Gasteiger partial charge in [0.2, 0.25) is 5.96 Å². The normalized spacial score (nSPS) is 12.1. The average Bonchev–Trinajstić information content (AvgIpc) is 2.52. The molecule has 1 aromatic heterocycles. The van der Waals surface area contributed by atoms with E-state index in [1.807, 2.05) is 0 Å². The van der Waals surface area contributed by atoms with Crippen LogP contribution in [0.2, 0.25) is 0 Å². The number of rotatable bonds is 2. The van der Waals surface area contributed by atoms with Crippen LogP contribution in [-0.4, -0.2) is 22.5 Å². The minimum atomic E-state index is -2.68. The molecule has 5 nitrogen and oxygen atoms in total. The molecule has 0 aliphatic rings. The summed E-state index contributed by atoms with van der Waals surface area (Å²) in [6.45, 7) is 0.439. The molecule has 1 rings (SSSR count). The number of hydrogen-bond acceptors (Lipinski definition) is 2. The number of hydrogen-bond donors (Lipinski definition) is 1. The highest BCUT2D eigenvalue weighted by atomic mass is 19.3. The van der Waals surface area contributed by atoms with E-state index in [1.54, 1.807) is 0 Å². The molecule has 7 heteroatoms. The van der Waals surface area contributed by atoms with E-state index in [0.29, 0.717) is 4.68 Å². The van der Waals surface area contributed by atoms with Crippen LogP contribution in [0, 0.1) is 0 Å². The van der Waals surface area contributed by atoms with E-state index >= 15 is 0 Å². The minimum Gasteiger partial charge on any atom is -0.368 e. The van der Waals surface area contributed by atoms with E-state index in [4.69, 9.17) is 5.73 Å². The Labute approximate surface area is 72.6 Å². The fourth-order valence-corrected chi connectivity index (χ4v) is 0.660. The van der Waals surface area contributed by atoms with Crippen molar-refractivity contribution >= 4 is 18.4 Å². The third kappa shape index (κ3) is 2.32. The molecule has 0 unspecified atom stereocenters. The van der Waals surface area contributed by atoms with Gasteiger partial charge in [-0.2, -0.15) is 13.9 Å². The molecular formula is C6H7F2N5. The second-order valence-corrected chi connectivity index (χ2v) is 2.08. The van der Waals surface area contributed by atoms with Gasteiger partial charge in [-0.1, -0.05) is 0 Å². The second-order valence-electron chi connectivity index (χ2n) is 2.08. The Kier molecular flexibility index (Phi) is 2.68. The van der Waals surface area contributed by atoms with E-state index in [1.165, 1.54) is 0 Å². The Morgan fingerprint density at radius 2 is 2.38 bits per heavy atom. The Morgan fingerprint density at radius 1 is 1.69 bits per heavy atom. The van der Waals surface area contributed by atoms with Gasteiger partial charge >= 0.3 is 6.55 Å². The summed E-state index contributed by atoms with van der Waals surface area (Å²) in [6.07, 6.45) is 2.22. The Hall–Kier alpha value is -1.79. The van der Waals surface area contributed by atoms with Crippen LogP contribution in [0.4, 0.5) is 14.5 Å². The summed E-state index contributed by atoms with van der Waals surface area (Å²) in [5.74, 6) is -0.0891. The van der Waals surface area contributed by atoms with Gasteiger partial charge in [-0.3, -0.25) is 0 Å². The summed E-state index contributed by atoms with van der Waals surface area (Å²) in [4.78, 5) is 6.92. The van der Waals surface area contributed by atoms with Crippen molar-refractivity contribution in [2.75, 3.05) is 0 Å². The lowest BCUT2D eigenvalue weighted by Gasteiger charge is -1.94. The van der Waals surface area contributed by atoms with Crippen molar-refractivity contribution in [3.05, 3.63) is 12.4 Å². The Morgan fingerprint density at radius 3 is 2.85 bits per heavy atom. The van der Waals surface area contributed by atoms with Crippen LogP contribution in [0.5, 0.6) is 0 Å². The molecule has 13 heavy (non-hydrogen) atoms. The molecule has 0 atom stereocenters. The van der Waals surface area contributed by atoms with Gasteiger partial charge in [0.15, 0.2) is 0 Å². The molecule has 0 fully saturated rings. The van der Waals surface area contributed by atoms with Crippen molar-refractivity contribution in [1.82, 2.24) is 9.78 Å². The predicted molar refractivity (Wildman–Crippen MR) is 44.3 cm³/mol. The Balaban J connectivity index is 2.86. The van der Waals surface area contributed by atoms with Crippen molar-refractivity contribution in [2.45, 2.75) is 6.55 Å². The monoisotopic (exact) mass is 187 g/mol. The topological polar surface area (TPSA) is 68.6 Å². The summed E-state index contributed by atoms with van der Waals surface area (Å²) in [7, 11) is 0. The van der Waals surface area contributed by atoms with Crippen LogP contribution < -0.4 is 5.73 Å². The SMILES string of the molecule is C=NC(N)=Nc1cnn(C(F)F)c1. The number of nitrogens with zero attached hydrogens (tertiary/aromatic N) is 4. The highest BCUT2D eigenvalue weighted by Gasteiger charge is 2.06. The Bertz CT molecular complexity index is 330. The first-order valence-electron chi connectivity index (χ1n) is 3.26. The molecule has 0 aromatic carbocycles. The van der Waals surface area contributed by atoms with E-state index < -0.39 is 6.55 Å². The molecule has 0 radical (unpaired) electrons. The summed E-state index contributed by atoms with van der Waals surface area (Å²) < 4.78 is 24.4. The quantitative estimate of drug-likeness (QED) is 0.552. The number of halogens is 2. The maximum atomic E-state index is 12.0. The van der Waals surface area contributed by atoms with Crippen molar-refractivity contribution in [3.63, 3.8) is 0 Å². The minimum absolute atomic E-state index is 0.0891. The molecule has 0 bridgehead atoms. The third-order valence-electron chi connectivity index (χ3n) is 1.19. The number of aliphatic imine (C=N–C) groups is 2. The molecule has 1 aromatic rings. The lowest BCUT2D eigenvalue weighted by Crippen LogP contribution is -2.05. The fourth-order valence-electron chi connectivity index (χ4n) is 0.660. The number of alkyl halides is 2. The van der Waals surface area contributed by atoms with Crippen molar-refractivity contribution in [1.29, 1.82) is 0 Å². The van der Waals surface area contributed by atoms with Gasteiger partial charge < -0.3 is 5.73 Å². The lowest BCUT2D eigenvalue weighted by molar-refractivity contribution is 0.0566. The summed E-state index contributed by atoms with van der Waals surface area (Å²) in [5.41, 5.74) is 5.40.